The maximum absolute atomic E-state index is 12.2. The van der Waals surface area contributed by atoms with Crippen molar-refractivity contribution in [3.05, 3.63) is 30.3 Å². The zero-order chi connectivity index (χ0) is 13.8. The summed E-state index contributed by atoms with van der Waals surface area (Å²) in [5.74, 6) is -0.610. The van der Waals surface area contributed by atoms with Gasteiger partial charge in [0.2, 0.25) is 0 Å². The molecule has 1 aromatic carbocycles. The number of aliphatic carboxylic acids is 1. The van der Waals surface area contributed by atoms with Gasteiger partial charge in [0, 0.05) is 6.54 Å². The van der Waals surface area contributed by atoms with E-state index in [1.165, 1.54) is 4.90 Å². The Morgan fingerprint density at radius 1 is 1.37 bits per heavy atom. The lowest BCUT2D eigenvalue weighted by Crippen LogP contribution is -2.46. The molecule has 5 heteroatoms. The second kappa shape index (κ2) is 5.73. The van der Waals surface area contributed by atoms with E-state index < -0.39 is 18.1 Å². The van der Waals surface area contributed by atoms with Gasteiger partial charge in [0.05, 0.1) is 0 Å². The summed E-state index contributed by atoms with van der Waals surface area (Å²) >= 11 is 0. The van der Waals surface area contributed by atoms with E-state index >= 15 is 0 Å². The molecule has 0 saturated carbocycles. The van der Waals surface area contributed by atoms with E-state index in [0.29, 0.717) is 18.7 Å². The van der Waals surface area contributed by atoms with E-state index in [2.05, 4.69) is 0 Å². The highest BCUT2D eigenvalue weighted by molar-refractivity contribution is 5.86. The van der Waals surface area contributed by atoms with E-state index in [4.69, 9.17) is 9.84 Å². The molecule has 1 amide bonds. The minimum atomic E-state index is -0.947. The second-order valence-corrected chi connectivity index (χ2v) is 4.60. The molecule has 2 rings (SSSR count). The number of para-hydroxylation sites is 1. The average Bonchev–Trinajstić information content (AvgIpc) is 2.88. The van der Waals surface area contributed by atoms with Gasteiger partial charge in [0.1, 0.15) is 11.8 Å². The average molecular weight is 263 g/mol. The molecule has 0 aromatic heterocycles. The molecule has 1 fully saturated rings. The summed E-state index contributed by atoms with van der Waals surface area (Å²) in [6.07, 6.45) is 0.558. The van der Waals surface area contributed by atoms with Crippen molar-refractivity contribution in [3.8, 4) is 5.75 Å². The lowest BCUT2D eigenvalue weighted by Gasteiger charge is -2.25. The van der Waals surface area contributed by atoms with Gasteiger partial charge in [-0.3, -0.25) is 4.79 Å². The normalized spacial score (nSPS) is 20.1. The minimum absolute atomic E-state index is 0.270. The summed E-state index contributed by atoms with van der Waals surface area (Å²) in [6, 6.07) is 8.32. The lowest BCUT2D eigenvalue weighted by atomic mass is 10.2. The van der Waals surface area contributed by atoms with Crippen LogP contribution in [0.25, 0.3) is 0 Å². The van der Waals surface area contributed by atoms with Crippen LogP contribution in [-0.4, -0.2) is 40.6 Å². The van der Waals surface area contributed by atoms with Crippen LogP contribution in [0.1, 0.15) is 19.8 Å². The molecule has 1 aliphatic rings. The number of rotatable bonds is 4. The van der Waals surface area contributed by atoms with Crippen molar-refractivity contribution >= 4 is 11.9 Å². The fourth-order valence-electron chi connectivity index (χ4n) is 2.27. The van der Waals surface area contributed by atoms with Gasteiger partial charge in [0.25, 0.3) is 5.91 Å². The number of hydrogen-bond donors (Lipinski definition) is 1. The number of likely N-dealkylation sites (tertiary alicyclic amines) is 1. The number of carboxylic acids is 1. The molecule has 1 aliphatic heterocycles. The first-order valence-corrected chi connectivity index (χ1v) is 6.34. The number of hydrogen-bond acceptors (Lipinski definition) is 3. The number of benzene rings is 1. The third kappa shape index (κ3) is 3.05. The predicted molar refractivity (Wildman–Crippen MR) is 68.9 cm³/mol. The van der Waals surface area contributed by atoms with Crippen molar-refractivity contribution < 1.29 is 19.4 Å². The monoisotopic (exact) mass is 263 g/mol. The largest absolute Gasteiger partial charge is 0.481 e. The summed E-state index contributed by atoms with van der Waals surface area (Å²) in [5, 5.41) is 9.07. The number of carbonyl (C=O) groups excluding carboxylic acids is 1. The molecule has 1 saturated heterocycles. The number of carbonyl (C=O) groups is 2. The summed E-state index contributed by atoms with van der Waals surface area (Å²) in [7, 11) is 0. The van der Waals surface area contributed by atoms with Crippen molar-refractivity contribution in [2.45, 2.75) is 31.9 Å². The first-order valence-electron chi connectivity index (χ1n) is 6.34. The molecule has 19 heavy (non-hydrogen) atoms. The smallest absolute Gasteiger partial charge is 0.326 e. The van der Waals surface area contributed by atoms with Crippen molar-refractivity contribution in [1.29, 1.82) is 0 Å². The molecular weight excluding hydrogens is 246 g/mol. The summed E-state index contributed by atoms with van der Waals surface area (Å²) in [4.78, 5) is 24.7. The zero-order valence-corrected chi connectivity index (χ0v) is 10.8. The summed E-state index contributed by atoms with van der Waals surface area (Å²) < 4.78 is 5.53. The number of amides is 1. The molecule has 0 unspecified atom stereocenters. The Morgan fingerprint density at radius 3 is 2.68 bits per heavy atom. The van der Waals surface area contributed by atoms with Crippen LogP contribution in [0.5, 0.6) is 5.75 Å². The Labute approximate surface area is 111 Å². The Morgan fingerprint density at radius 2 is 2.05 bits per heavy atom. The van der Waals surface area contributed by atoms with Crippen LogP contribution < -0.4 is 4.74 Å². The van der Waals surface area contributed by atoms with Crippen molar-refractivity contribution in [2.24, 2.45) is 0 Å². The molecule has 0 radical (unpaired) electrons. The summed E-state index contributed by atoms with van der Waals surface area (Å²) in [6.45, 7) is 2.13. The Balaban J connectivity index is 2.01. The third-order valence-electron chi connectivity index (χ3n) is 3.22. The van der Waals surface area contributed by atoms with Crippen LogP contribution in [0.3, 0.4) is 0 Å². The van der Waals surface area contributed by atoms with E-state index in [9.17, 15) is 9.59 Å². The van der Waals surface area contributed by atoms with E-state index in [0.717, 1.165) is 6.42 Å². The van der Waals surface area contributed by atoms with Gasteiger partial charge >= 0.3 is 5.97 Å². The molecule has 102 valence electrons. The Hall–Kier alpha value is -2.04. The van der Waals surface area contributed by atoms with Crippen LogP contribution in [0.15, 0.2) is 30.3 Å². The van der Waals surface area contributed by atoms with Crippen molar-refractivity contribution in [2.75, 3.05) is 6.54 Å². The lowest BCUT2D eigenvalue weighted by molar-refractivity contribution is -0.150. The van der Waals surface area contributed by atoms with Gasteiger partial charge < -0.3 is 14.7 Å². The van der Waals surface area contributed by atoms with Crippen molar-refractivity contribution in [1.82, 2.24) is 4.90 Å². The molecule has 5 nitrogen and oxygen atoms in total. The minimum Gasteiger partial charge on any atom is -0.481 e. The number of ether oxygens (including phenoxy) is 1. The van der Waals surface area contributed by atoms with Gasteiger partial charge in [-0.1, -0.05) is 18.2 Å². The fourth-order valence-corrected chi connectivity index (χ4v) is 2.27. The van der Waals surface area contributed by atoms with Crippen LogP contribution in [0.4, 0.5) is 0 Å². The first-order chi connectivity index (χ1) is 9.09. The first kappa shape index (κ1) is 13.4. The van der Waals surface area contributed by atoms with Crippen LogP contribution in [0.2, 0.25) is 0 Å². The molecule has 1 heterocycles. The highest BCUT2D eigenvalue weighted by Crippen LogP contribution is 2.20. The molecule has 0 spiro atoms. The second-order valence-electron chi connectivity index (χ2n) is 4.60. The molecular formula is C14H17NO4. The molecule has 2 atom stereocenters. The van der Waals surface area contributed by atoms with E-state index in [1.54, 1.807) is 19.1 Å². The number of carboxylic acid groups (broad SMARTS) is 1. The maximum Gasteiger partial charge on any atom is 0.326 e. The molecule has 0 aliphatic carbocycles. The van der Waals surface area contributed by atoms with Crippen LogP contribution >= 0.6 is 0 Å². The maximum atomic E-state index is 12.2. The van der Waals surface area contributed by atoms with Gasteiger partial charge in [-0.05, 0) is 31.9 Å². The SMILES string of the molecule is C[C@@H](Oc1ccccc1)C(=O)N1CCC[C@H]1C(=O)O. The van der Waals surface area contributed by atoms with Gasteiger partial charge in [-0.25, -0.2) is 4.79 Å². The highest BCUT2D eigenvalue weighted by atomic mass is 16.5. The highest BCUT2D eigenvalue weighted by Gasteiger charge is 2.36. The van der Waals surface area contributed by atoms with Gasteiger partial charge in [0.15, 0.2) is 6.10 Å². The Kier molecular flexibility index (Phi) is 4.04. The van der Waals surface area contributed by atoms with E-state index in [1.807, 2.05) is 18.2 Å². The van der Waals surface area contributed by atoms with E-state index in [-0.39, 0.29) is 5.91 Å². The van der Waals surface area contributed by atoms with Crippen LogP contribution in [-0.2, 0) is 9.59 Å². The van der Waals surface area contributed by atoms with Crippen molar-refractivity contribution in [3.63, 3.8) is 0 Å². The molecule has 1 N–H and O–H groups in total. The molecule has 0 bridgehead atoms. The quantitative estimate of drug-likeness (QED) is 0.894. The Bertz CT molecular complexity index is 460. The zero-order valence-electron chi connectivity index (χ0n) is 10.8. The van der Waals surface area contributed by atoms with Gasteiger partial charge in [-0.2, -0.15) is 0 Å². The fraction of sp³-hybridized carbons (Fsp3) is 0.429. The van der Waals surface area contributed by atoms with Crippen LogP contribution in [0, 0.1) is 0 Å². The third-order valence-corrected chi connectivity index (χ3v) is 3.22. The summed E-state index contributed by atoms with van der Waals surface area (Å²) in [5.41, 5.74) is 0. The standard InChI is InChI=1S/C14H17NO4/c1-10(19-11-6-3-2-4-7-11)13(16)15-9-5-8-12(15)14(17)18/h2-4,6-7,10,12H,5,8-9H2,1H3,(H,17,18)/t10-,12+/m1/s1. The predicted octanol–water partition coefficient (Wildman–Crippen LogP) is 1.53. The number of nitrogens with zero attached hydrogens (tertiary/aromatic N) is 1. The molecule has 1 aromatic rings. The topological polar surface area (TPSA) is 66.8 Å². The van der Waals surface area contributed by atoms with Gasteiger partial charge in [-0.15, -0.1) is 0 Å².